The van der Waals surface area contributed by atoms with E-state index in [-0.39, 0.29) is 5.91 Å². The standard InChI is InChI=1S/C22H22BrN3O/c1-15-21(23)16(2)26(24-15)14-17-7-5-9-19(13-17)22(27)25-12-6-10-18-8-3-4-11-20(18)25/h3-5,7-9,11,13H,6,10,12,14H2,1-2H3. The van der Waals surface area contributed by atoms with E-state index >= 15 is 0 Å². The van der Waals surface area contributed by atoms with Crippen LogP contribution in [0.2, 0.25) is 0 Å². The van der Waals surface area contributed by atoms with Gasteiger partial charge in [-0.05, 0) is 71.9 Å². The van der Waals surface area contributed by atoms with Gasteiger partial charge in [-0.25, -0.2) is 0 Å². The molecule has 4 rings (SSSR count). The van der Waals surface area contributed by atoms with E-state index in [4.69, 9.17) is 0 Å². The van der Waals surface area contributed by atoms with E-state index in [2.05, 4.69) is 27.1 Å². The van der Waals surface area contributed by atoms with Gasteiger partial charge in [0.05, 0.1) is 22.4 Å². The van der Waals surface area contributed by atoms with Gasteiger partial charge in [0, 0.05) is 17.8 Å². The fourth-order valence-corrected chi connectivity index (χ4v) is 3.99. The van der Waals surface area contributed by atoms with Gasteiger partial charge in [-0.2, -0.15) is 5.10 Å². The van der Waals surface area contributed by atoms with Gasteiger partial charge in [-0.3, -0.25) is 9.48 Å². The Balaban J connectivity index is 1.61. The predicted octanol–water partition coefficient (Wildman–Crippen LogP) is 4.90. The van der Waals surface area contributed by atoms with Crippen molar-refractivity contribution in [3.05, 3.63) is 81.1 Å². The molecule has 0 bridgehead atoms. The molecule has 0 fully saturated rings. The highest BCUT2D eigenvalue weighted by atomic mass is 79.9. The van der Waals surface area contributed by atoms with Crippen LogP contribution in [-0.2, 0) is 13.0 Å². The third-order valence-electron chi connectivity index (χ3n) is 5.15. The van der Waals surface area contributed by atoms with E-state index < -0.39 is 0 Å². The number of carbonyl (C=O) groups is 1. The number of hydrogen-bond donors (Lipinski definition) is 0. The molecule has 1 aliphatic heterocycles. The van der Waals surface area contributed by atoms with Gasteiger partial charge in [0.25, 0.3) is 5.91 Å². The lowest BCUT2D eigenvalue weighted by atomic mass is 10.0. The molecule has 0 saturated heterocycles. The summed E-state index contributed by atoms with van der Waals surface area (Å²) in [5.74, 6) is 0.0681. The molecule has 138 valence electrons. The van der Waals surface area contributed by atoms with Crippen molar-refractivity contribution < 1.29 is 4.79 Å². The van der Waals surface area contributed by atoms with Gasteiger partial charge in [0.2, 0.25) is 0 Å². The zero-order valence-corrected chi connectivity index (χ0v) is 17.2. The van der Waals surface area contributed by atoms with Crippen LogP contribution in [0, 0.1) is 13.8 Å². The van der Waals surface area contributed by atoms with Gasteiger partial charge >= 0.3 is 0 Å². The maximum Gasteiger partial charge on any atom is 0.258 e. The van der Waals surface area contributed by atoms with Crippen LogP contribution >= 0.6 is 15.9 Å². The molecule has 5 heteroatoms. The molecular weight excluding hydrogens is 402 g/mol. The molecule has 3 aromatic rings. The van der Waals surface area contributed by atoms with Crippen LogP contribution in [0.3, 0.4) is 0 Å². The lowest BCUT2D eigenvalue weighted by Crippen LogP contribution is -2.35. The number of rotatable bonds is 3. The number of amides is 1. The molecule has 0 radical (unpaired) electrons. The monoisotopic (exact) mass is 423 g/mol. The molecule has 0 N–H and O–H groups in total. The zero-order valence-electron chi connectivity index (χ0n) is 15.6. The summed E-state index contributed by atoms with van der Waals surface area (Å²) in [5.41, 5.74) is 6.16. The molecular formula is C22H22BrN3O. The highest BCUT2D eigenvalue weighted by Gasteiger charge is 2.23. The topological polar surface area (TPSA) is 38.1 Å². The van der Waals surface area contributed by atoms with Crippen LogP contribution in [0.5, 0.6) is 0 Å². The van der Waals surface area contributed by atoms with E-state index in [0.29, 0.717) is 6.54 Å². The predicted molar refractivity (Wildman–Crippen MR) is 111 cm³/mol. The van der Waals surface area contributed by atoms with Gasteiger partial charge in [0.1, 0.15) is 0 Å². The molecule has 4 nitrogen and oxygen atoms in total. The molecule has 0 aliphatic carbocycles. The number of carbonyl (C=O) groups excluding carboxylic acids is 1. The molecule has 2 aromatic carbocycles. The van der Waals surface area contributed by atoms with Crippen LogP contribution in [0.15, 0.2) is 53.0 Å². The largest absolute Gasteiger partial charge is 0.308 e. The Morgan fingerprint density at radius 2 is 1.96 bits per heavy atom. The van der Waals surface area contributed by atoms with E-state index in [1.165, 1.54) is 5.56 Å². The van der Waals surface area contributed by atoms with Crippen molar-refractivity contribution in [1.82, 2.24) is 9.78 Å². The average Bonchev–Trinajstić information content (AvgIpc) is 2.94. The quantitative estimate of drug-likeness (QED) is 0.600. The summed E-state index contributed by atoms with van der Waals surface area (Å²) >= 11 is 3.57. The Hall–Kier alpha value is -2.40. The number of halogens is 1. The second kappa shape index (κ2) is 7.31. The second-order valence-electron chi connectivity index (χ2n) is 7.03. The molecule has 0 spiro atoms. The van der Waals surface area contributed by atoms with Crippen molar-refractivity contribution in [2.75, 3.05) is 11.4 Å². The van der Waals surface area contributed by atoms with Crippen molar-refractivity contribution >= 4 is 27.5 Å². The average molecular weight is 424 g/mol. The molecule has 1 aromatic heterocycles. The van der Waals surface area contributed by atoms with Crippen LogP contribution < -0.4 is 4.90 Å². The molecule has 2 heterocycles. The Bertz CT molecular complexity index is 1010. The normalized spacial score (nSPS) is 13.5. The lowest BCUT2D eigenvalue weighted by Gasteiger charge is -2.29. The first-order valence-corrected chi connectivity index (χ1v) is 10.0. The minimum atomic E-state index is 0.0681. The third-order valence-corrected chi connectivity index (χ3v) is 6.30. The Morgan fingerprint density at radius 1 is 1.15 bits per heavy atom. The SMILES string of the molecule is Cc1nn(Cc2cccc(C(=O)N3CCCc4ccccc43)c2)c(C)c1Br. The lowest BCUT2D eigenvalue weighted by molar-refractivity contribution is 0.0985. The highest BCUT2D eigenvalue weighted by molar-refractivity contribution is 9.10. The van der Waals surface area contributed by atoms with Crippen molar-refractivity contribution in [3.63, 3.8) is 0 Å². The summed E-state index contributed by atoms with van der Waals surface area (Å²) in [4.78, 5) is 15.1. The number of anilines is 1. The van der Waals surface area contributed by atoms with E-state index in [0.717, 1.165) is 52.1 Å². The summed E-state index contributed by atoms with van der Waals surface area (Å²) in [6, 6.07) is 16.1. The smallest absolute Gasteiger partial charge is 0.258 e. The van der Waals surface area contributed by atoms with Crippen LogP contribution in [0.1, 0.15) is 39.3 Å². The summed E-state index contributed by atoms with van der Waals surface area (Å²) in [5, 5.41) is 4.57. The molecule has 1 amide bonds. The van der Waals surface area contributed by atoms with E-state index in [1.807, 2.05) is 65.9 Å². The number of benzene rings is 2. The molecule has 0 saturated carbocycles. The summed E-state index contributed by atoms with van der Waals surface area (Å²) in [6.45, 7) is 5.45. The van der Waals surface area contributed by atoms with Crippen molar-refractivity contribution in [2.24, 2.45) is 0 Å². The third kappa shape index (κ3) is 3.44. The van der Waals surface area contributed by atoms with Crippen LogP contribution in [0.25, 0.3) is 0 Å². The first-order chi connectivity index (χ1) is 13.0. The molecule has 0 atom stereocenters. The van der Waals surface area contributed by atoms with E-state index in [9.17, 15) is 4.79 Å². The molecule has 1 aliphatic rings. The number of para-hydroxylation sites is 1. The molecule has 27 heavy (non-hydrogen) atoms. The summed E-state index contributed by atoms with van der Waals surface area (Å²) < 4.78 is 3.01. The van der Waals surface area contributed by atoms with E-state index in [1.54, 1.807) is 0 Å². The van der Waals surface area contributed by atoms with Crippen LogP contribution in [-0.4, -0.2) is 22.2 Å². The van der Waals surface area contributed by atoms with Gasteiger partial charge < -0.3 is 4.90 Å². The number of aryl methyl sites for hydroxylation is 2. The Kier molecular flexibility index (Phi) is 4.87. The second-order valence-corrected chi connectivity index (χ2v) is 7.82. The number of fused-ring (bicyclic) bond motifs is 1. The van der Waals surface area contributed by atoms with Gasteiger partial charge in [-0.1, -0.05) is 30.3 Å². The maximum absolute atomic E-state index is 13.2. The number of nitrogens with zero attached hydrogens (tertiary/aromatic N) is 3. The molecule has 0 unspecified atom stereocenters. The fraction of sp³-hybridized carbons (Fsp3) is 0.273. The minimum Gasteiger partial charge on any atom is -0.308 e. The van der Waals surface area contributed by atoms with Crippen LogP contribution in [0.4, 0.5) is 5.69 Å². The Morgan fingerprint density at radius 3 is 2.74 bits per heavy atom. The van der Waals surface area contributed by atoms with Crippen molar-refractivity contribution in [1.29, 1.82) is 0 Å². The zero-order chi connectivity index (χ0) is 19.0. The van der Waals surface area contributed by atoms with Gasteiger partial charge in [-0.15, -0.1) is 0 Å². The maximum atomic E-state index is 13.2. The first-order valence-electron chi connectivity index (χ1n) is 9.23. The summed E-state index contributed by atoms with van der Waals surface area (Å²) in [7, 11) is 0. The highest BCUT2D eigenvalue weighted by Crippen LogP contribution is 2.28. The first kappa shape index (κ1) is 18.0. The van der Waals surface area contributed by atoms with Crippen molar-refractivity contribution in [2.45, 2.75) is 33.2 Å². The number of aromatic nitrogens is 2. The van der Waals surface area contributed by atoms with Crippen molar-refractivity contribution in [3.8, 4) is 0 Å². The van der Waals surface area contributed by atoms with Gasteiger partial charge in [0.15, 0.2) is 0 Å². The minimum absolute atomic E-state index is 0.0681. The summed E-state index contributed by atoms with van der Waals surface area (Å²) in [6.07, 6.45) is 2.04. The Labute approximate surface area is 167 Å². The fourth-order valence-electron chi connectivity index (χ4n) is 3.71. The number of hydrogen-bond acceptors (Lipinski definition) is 2.